The predicted molar refractivity (Wildman–Crippen MR) is 106 cm³/mol. The maximum absolute atomic E-state index is 12.5. The van der Waals surface area contributed by atoms with Crippen LogP contribution in [0.15, 0.2) is 54.6 Å². The normalized spacial score (nSPS) is 15.3. The minimum Gasteiger partial charge on any atom is -0.489 e. The van der Waals surface area contributed by atoms with Crippen LogP contribution in [0.2, 0.25) is 0 Å². The molecule has 1 saturated heterocycles. The molecule has 0 aromatic heterocycles. The number of hydrogen-bond acceptors (Lipinski definition) is 4. The zero-order chi connectivity index (χ0) is 19.1. The Hall–Kier alpha value is -2.37. The summed E-state index contributed by atoms with van der Waals surface area (Å²) in [6.07, 6.45) is 0. The second kappa shape index (κ2) is 9.02. The Morgan fingerprint density at radius 2 is 1.74 bits per heavy atom. The molecule has 5 nitrogen and oxygen atoms in total. The first-order chi connectivity index (χ1) is 13.0. The van der Waals surface area contributed by atoms with Crippen molar-refractivity contribution in [3.05, 3.63) is 65.7 Å². The fourth-order valence-electron chi connectivity index (χ4n) is 3.11. The van der Waals surface area contributed by atoms with E-state index in [0.29, 0.717) is 18.7 Å². The molecule has 144 valence electrons. The number of morpholine rings is 1. The predicted octanol–water partition coefficient (Wildman–Crippen LogP) is 3.11. The number of rotatable bonds is 7. The van der Waals surface area contributed by atoms with Gasteiger partial charge in [0, 0.05) is 30.7 Å². The number of nitrogens with one attached hydrogen (secondary N) is 1. The second-order valence-corrected chi connectivity index (χ2v) is 7.39. The lowest BCUT2D eigenvalue weighted by atomic mass is 10.0. The highest BCUT2D eigenvalue weighted by Crippen LogP contribution is 2.16. The van der Waals surface area contributed by atoms with Crippen molar-refractivity contribution >= 4 is 5.91 Å². The number of para-hydroxylation sites is 1. The largest absolute Gasteiger partial charge is 0.489 e. The molecule has 1 amide bonds. The lowest BCUT2D eigenvalue weighted by Crippen LogP contribution is -2.55. The molecular weight excluding hydrogens is 340 g/mol. The third-order valence-corrected chi connectivity index (χ3v) is 4.91. The van der Waals surface area contributed by atoms with E-state index in [-0.39, 0.29) is 11.4 Å². The van der Waals surface area contributed by atoms with E-state index in [4.69, 9.17) is 9.47 Å². The molecule has 0 bridgehead atoms. The van der Waals surface area contributed by atoms with Crippen LogP contribution in [0.4, 0.5) is 0 Å². The van der Waals surface area contributed by atoms with Gasteiger partial charge < -0.3 is 14.8 Å². The topological polar surface area (TPSA) is 50.8 Å². The van der Waals surface area contributed by atoms with Crippen molar-refractivity contribution in [1.29, 1.82) is 0 Å². The minimum absolute atomic E-state index is 0.0492. The molecule has 1 aliphatic rings. The molecule has 2 aromatic carbocycles. The molecule has 1 N–H and O–H groups in total. The van der Waals surface area contributed by atoms with E-state index in [1.165, 1.54) is 0 Å². The summed E-state index contributed by atoms with van der Waals surface area (Å²) in [7, 11) is 0. The van der Waals surface area contributed by atoms with Crippen molar-refractivity contribution in [3.8, 4) is 5.75 Å². The molecule has 1 heterocycles. The van der Waals surface area contributed by atoms with Gasteiger partial charge in [0.15, 0.2) is 0 Å². The third kappa shape index (κ3) is 5.55. The van der Waals surface area contributed by atoms with E-state index in [9.17, 15) is 4.79 Å². The Labute approximate surface area is 161 Å². The first-order valence-electron chi connectivity index (χ1n) is 9.42. The van der Waals surface area contributed by atoms with Crippen LogP contribution in [0.1, 0.15) is 29.8 Å². The van der Waals surface area contributed by atoms with Crippen LogP contribution in [-0.2, 0) is 11.3 Å². The van der Waals surface area contributed by atoms with Crippen molar-refractivity contribution in [2.45, 2.75) is 26.0 Å². The number of benzene rings is 2. The van der Waals surface area contributed by atoms with Gasteiger partial charge in [-0.3, -0.25) is 9.69 Å². The van der Waals surface area contributed by atoms with Gasteiger partial charge in [-0.25, -0.2) is 0 Å². The van der Waals surface area contributed by atoms with Gasteiger partial charge in [-0.15, -0.1) is 0 Å². The Balaban J connectivity index is 1.49. The first-order valence-corrected chi connectivity index (χ1v) is 9.42. The Kier molecular flexibility index (Phi) is 6.48. The Morgan fingerprint density at radius 1 is 1.07 bits per heavy atom. The van der Waals surface area contributed by atoms with Crippen molar-refractivity contribution in [1.82, 2.24) is 10.2 Å². The van der Waals surface area contributed by atoms with Crippen LogP contribution in [0.5, 0.6) is 5.75 Å². The van der Waals surface area contributed by atoms with Gasteiger partial charge in [-0.05, 0) is 43.7 Å². The zero-order valence-corrected chi connectivity index (χ0v) is 16.1. The highest BCUT2D eigenvalue weighted by molar-refractivity contribution is 5.94. The highest BCUT2D eigenvalue weighted by atomic mass is 16.5. The van der Waals surface area contributed by atoms with Gasteiger partial charge in [0.1, 0.15) is 12.4 Å². The fourth-order valence-corrected chi connectivity index (χ4v) is 3.11. The number of nitrogens with zero attached hydrogens (tertiary/aromatic N) is 1. The van der Waals surface area contributed by atoms with Crippen molar-refractivity contribution < 1.29 is 14.3 Å². The molecule has 27 heavy (non-hydrogen) atoms. The molecular formula is C22H28N2O3. The quantitative estimate of drug-likeness (QED) is 0.816. The molecule has 0 atom stereocenters. The van der Waals surface area contributed by atoms with E-state index in [1.54, 1.807) is 0 Å². The Morgan fingerprint density at radius 3 is 2.41 bits per heavy atom. The van der Waals surface area contributed by atoms with Crippen LogP contribution < -0.4 is 10.1 Å². The average Bonchev–Trinajstić information content (AvgIpc) is 2.72. The lowest BCUT2D eigenvalue weighted by Gasteiger charge is -2.40. The van der Waals surface area contributed by atoms with Gasteiger partial charge in [0.25, 0.3) is 5.91 Å². The van der Waals surface area contributed by atoms with Crippen LogP contribution in [0, 0.1) is 0 Å². The minimum atomic E-state index is -0.0943. The first kappa shape index (κ1) is 19.4. The van der Waals surface area contributed by atoms with Gasteiger partial charge in [-0.2, -0.15) is 0 Å². The number of hydrogen-bond donors (Lipinski definition) is 1. The van der Waals surface area contributed by atoms with Crippen molar-refractivity contribution in [2.75, 3.05) is 32.8 Å². The maximum atomic E-state index is 12.5. The number of ether oxygens (including phenoxy) is 2. The standard InChI is InChI=1S/C22H28N2O3/c1-22(2,24-12-14-26-15-13-24)17-23-21(25)19-10-8-18(9-11-19)16-27-20-6-4-3-5-7-20/h3-11H,12-17H2,1-2H3,(H,23,25). The van der Waals surface area contributed by atoms with E-state index < -0.39 is 0 Å². The van der Waals surface area contributed by atoms with Gasteiger partial charge in [0.05, 0.1) is 13.2 Å². The monoisotopic (exact) mass is 368 g/mol. The van der Waals surface area contributed by atoms with Crippen LogP contribution in [0.25, 0.3) is 0 Å². The summed E-state index contributed by atoms with van der Waals surface area (Å²) in [6.45, 7) is 8.71. The third-order valence-electron chi connectivity index (χ3n) is 4.91. The van der Waals surface area contributed by atoms with Crippen molar-refractivity contribution in [3.63, 3.8) is 0 Å². The maximum Gasteiger partial charge on any atom is 0.251 e. The zero-order valence-electron chi connectivity index (χ0n) is 16.1. The van der Waals surface area contributed by atoms with E-state index in [2.05, 4.69) is 24.1 Å². The molecule has 5 heteroatoms. The van der Waals surface area contributed by atoms with E-state index >= 15 is 0 Å². The van der Waals surface area contributed by atoms with Crippen LogP contribution in [-0.4, -0.2) is 49.2 Å². The average molecular weight is 368 g/mol. The molecule has 0 unspecified atom stereocenters. The number of carbonyl (C=O) groups excluding carboxylic acids is 1. The summed E-state index contributed by atoms with van der Waals surface area (Å²) < 4.78 is 11.1. The van der Waals surface area contributed by atoms with E-state index in [1.807, 2.05) is 54.6 Å². The van der Waals surface area contributed by atoms with Gasteiger partial charge >= 0.3 is 0 Å². The summed E-state index contributed by atoms with van der Waals surface area (Å²) in [6, 6.07) is 17.3. The van der Waals surface area contributed by atoms with Gasteiger partial charge in [-0.1, -0.05) is 30.3 Å². The molecule has 3 rings (SSSR count). The molecule has 1 fully saturated rings. The summed E-state index contributed by atoms with van der Waals surface area (Å²) in [4.78, 5) is 14.8. The summed E-state index contributed by atoms with van der Waals surface area (Å²) in [5.41, 5.74) is 1.60. The Bertz CT molecular complexity index is 723. The lowest BCUT2D eigenvalue weighted by molar-refractivity contribution is -0.00923. The van der Waals surface area contributed by atoms with Crippen LogP contribution in [0.3, 0.4) is 0 Å². The molecule has 0 radical (unpaired) electrons. The van der Waals surface area contributed by atoms with Crippen molar-refractivity contribution in [2.24, 2.45) is 0 Å². The summed E-state index contributed by atoms with van der Waals surface area (Å²) >= 11 is 0. The fraction of sp³-hybridized carbons (Fsp3) is 0.409. The van der Waals surface area contributed by atoms with Crippen LogP contribution >= 0.6 is 0 Å². The molecule has 0 spiro atoms. The summed E-state index contributed by atoms with van der Waals surface area (Å²) in [5.74, 6) is 0.788. The smallest absolute Gasteiger partial charge is 0.251 e. The molecule has 0 aliphatic carbocycles. The molecule has 1 aliphatic heterocycles. The summed E-state index contributed by atoms with van der Waals surface area (Å²) in [5, 5.41) is 3.06. The second-order valence-electron chi connectivity index (χ2n) is 7.39. The highest BCUT2D eigenvalue weighted by Gasteiger charge is 2.28. The molecule has 0 saturated carbocycles. The molecule has 2 aromatic rings. The number of amides is 1. The van der Waals surface area contributed by atoms with Gasteiger partial charge in [0.2, 0.25) is 0 Å². The SMILES string of the molecule is CC(C)(CNC(=O)c1ccc(COc2ccccc2)cc1)N1CCOCC1. The number of carbonyl (C=O) groups is 1. The van der Waals surface area contributed by atoms with E-state index in [0.717, 1.165) is 37.6 Å².